The molecule has 0 saturated heterocycles. The molecule has 0 unspecified atom stereocenters. The van der Waals surface area contributed by atoms with Crippen molar-refractivity contribution in [3.63, 3.8) is 0 Å². The van der Waals surface area contributed by atoms with Crippen LogP contribution in [0.25, 0.3) is 60.8 Å². The normalized spacial score (nSPS) is 11.6. The molecule has 0 aliphatic heterocycles. The predicted octanol–water partition coefficient (Wildman–Crippen LogP) is 6.26. The number of halogens is 1. The molecule has 0 radical (unpaired) electrons. The molecule has 4 aromatic carbocycles. The van der Waals surface area contributed by atoms with E-state index in [1.54, 1.807) is 0 Å². The minimum Gasteiger partial charge on any atom is -0.309 e. The van der Waals surface area contributed by atoms with Gasteiger partial charge >= 0.3 is 0 Å². The Bertz CT molecular complexity index is 1900. The highest BCUT2D eigenvalue weighted by Crippen LogP contribution is 2.49. The summed E-state index contributed by atoms with van der Waals surface area (Å²) in [6.07, 6.45) is 0. The summed E-state index contributed by atoms with van der Waals surface area (Å²) in [5.41, 5.74) is 4.26. The van der Waals surface area contributed by atoms with Gasteiger partial charge in [-0.25, -0.2) is 14.4 Å². The second-order valence-electron chi connectivity index (χ2n) is 8.19. The van der Waals surface area contributed by atoms with Crippen molar-refractivity contribution in [2.45, 2.75) is 0 Å². The number of hydrogen-bond acceptors (Lipinski definition) is 4. The largest absolute Gasteiger partial charge is 0.309 e. The summed E-state index contributed by atoms with van der Waals surface area (Å²) in [6, 6.07) is 27.2. The van der Waals surface area contributed by atoms with Crippen molar-refractivity contribution >= 4 is 32.6 Å². The molecule has 0 atom stereocenters. The molecule has 6 aromatic rings. The highest BCUT2D eigenvalue weighted by Gasteiger charge is 2.31. The van der Waals surface area contributed by atoms with Crippen molar-refractivity contribution in [3.05, 3.63) is 90.0 Å². The van der Waals surface area contributed by atoms with Crippen LogP contribution in [0.2, 0.25) is 0 Å². The lowest BCUT2D eigenvalue weighted by atomic mass is 10.0. The zero-order valence-electron chi connectivity index (χ0n) is 17.5. The maximum atomic E-state index is 15.9. The van der Waals surface area contributed by atoms with Crippen LogP contribution < -0.4 is 0 Å². The highest BCUT2D eigenvalue weighted by molar-refractivity contribution is 6.17. The summed E-state index contributed by atoms with van der Waals surface area (Å²) in [5.74, 6) is -0.446. The van der Waals surface area contributed by atoms with Gasteiger partial charge in [0.15, 0.2) is 11.4 Å². The van der Waals surface area contributed by atoms with Crippen LogP contribution in [-0.4, -0.2) is 14.5 Å². The molecule has 0 spiro atoms. The SMILES string of the molecule is N#Cc1nc2c(nc1C#N)-c1c(F)cc(-n3c4ccccc4c4ccccc43)c3cccc-2c13. The van der Waals surface area contributed by atoms with Crippen molar-refractivity contribution in [3.8, 4) is 40.3 Å². The van der Waals surface area contributed by atoms with Crippen LogP contribution in [0, 0.1) is 28.5 Å². The average Bonchev–Trinajstić information content (AvgIpc) is 3.39. The monoisotopic (exact) mass is 437 g/mol. The lowest BCUT2D eigenvalue weighted by Crippen LogP contribution is -1.99. The van der Waals surface area contributed by atoms with Gasteiger partial charge in [0.1, 0.15) is 23.6 Å². The van der Waals surface area contributed by atoms with Gasteiger partial charge in [-0.3, -0.25) is 0 Å². The van der Waals surface area contributed by atoms with Gasteiger partial charge in [0.2, 0.25) is 0 Å². The first kappa shape index (κ1) is 18.5. The van der Waals surface area contributed by atoms with Crippen LogP contribution in [0.1, 0.15) is 11.4 Å². The van der Waals surface area contributed by atoms with Crippen LogP contribution in [0.4, 0.5) is 4.39 Å². The van der Waals surface area contributed by atoms with Gasteiger partial charge in [0, 0.05) is 32.7 Å². The summed E-state index contributed by atoms with van der Waals surface area (Å²) >= 11 is 0. The molecule has 1 aliphatic rings. The van der Waals surface area contributed by atoms with Gasteiger partial charge in [-0.05, 0) is 18.2 Å². The first-order valence-electron chi connectivity index (χ1n) is 10.7. The highest BCUT2D eigenvalue weighted by atomic mass is 19.1. The van der Waals surface area contributed by atoms with Gasteiger partial charge in [0.25, 0.3) is 0 Å². The fraction of sp³-hybridized carbons (Fsp3) is 0. The van der Waals surface area contributed by atoms with Gasteiger partial charge in [-0.15, -0.1) is 0 Å². The Hall–Kier alpha value is -5.07. The Morgan fingerprint density at radius 3 is 1.94 bits per heavy atom. The topological polar surface area (TPSA) is 78.3 Å². The lowest BCUT2D eigenvalue weighted by Gasteiger charge is -2.14. The zero-order chi connectivity index (χ0) is 23.0. The van der Waals surface area contributed by atoms with Crippen LogP contribution >= 0.6 is 0 Å². The maximum Gasteiger partial charge on any atom is 0.177 e. The molecular formula is C28H12FN5. The van der Waals surface area contributed by atoms with E-state index >= 15 is 4.39 Å². The van der Waals surface area contributed by atoms with E-state index in [0.717, 1.165) is 27.2 Å². The summed E-state index contributed by atoms with van der Waals surface area (Å²) in [6.45, 7) is 0. The molecule has 2 heterocycles. The van der Waals surface area contributed by atoms with E-state index in [0.29, 0.717) is 33.6 Å². The fourth-order valence-electron chi connectivity index (χ4n) is 5.17. The average molecular weight is 437 g/mol. The molecular weight excluding hydrogens is 425 g/mol. The molecule has 6 heteroatoms. The first-order chi connectivity index (χ1) is 16.7. The zero-order valence-corrected chi connectivity index (χ0v) is 17.5. The Balaban J connectivity index is 1.65. The standard InChI is InChI=1S/C28H12FN5/c29-19-12-24(34-22-10-3-1-6-15(22)16-7-2-4-11-23(16)34)17-8-5-9-18-25(17)26(19)28-27(18)32-20(13-30)21(14-31)33-28/h1-12H. The third kappa shape index (κ3) is 2.19. The van der Waals surface area contributed by atoms with Crippen LogP contribution in [-0.2, 0) is 0 Å². The van der Waals surface area contributed by atoms with E-state index in [-0.39, 0.29) is 11.4 Å². The Morgan fingerprint density at radius 2 is 1.29 bits per heavy atom. The molecule has 0 saturated carbocycles. The number of benzene rings is 4. The van der Waals surface area contributed by atoms with Crippen molar-refractivity contribution in [2.75, 3.05) is 0 Å². The summed E-state index contributed by atoms with van der Waals surface area (Å²) in [7, 11) is 0. The predicted molar refractivity (Wildman–Crippen MR) is 128 cm³/mol. The number of aromatic nitrogens is 3. The number of hydrogen-bond donors (Lipinski definition) is 0. The van der Waals surface area contributed by atoms with Crippen molar-refractivity contribution in [1.29, 1.82) is 10.5 Å². The van der Waals surface area contributed by atoms with Crippen LogP contribution in [0.5, 0.6) is 0 Å². The lowest BCUT2D eigenvalue weighted by molar-refractivity contribution is 0.632. The molecule has 7 rings (SSSR count). The minimum atomic E-state index is -0.446. The number of fused-ring (bicyclic) bond motifs is 6. The van der Waals surface area contributed by atoms with E-state index in [1.165, 1.54) is 6.07 Å². The first-order valence-corrected chi connectivity index (χ1v) is 10.7. The van der Waals surface area contributed by atoms with E-state index < -0.39 is 5.82 Å². The van der Waals surface area contributed by atoms with E-state index in [1.807, 2.05) is 66.7 Å². The molecule has 0 fully saturated rings. The number of nitrogens with zero attached hydrogens (tertiary/aromatic N) is 5. The Labute approximate surface area is 192 Å². The smallest absolute Gasteiger partial charge is 0.177 e. The third-order valence-corrected chi connectivity index (χ3v) is 6.51. The number of nitriles is 2. The third-order valence-electron chi connectivity index (χ3n) is 6.51. The molecule has 0 N–H and O–H groups in total. The summed E-state index contributed by atoms with van der Waals surface area (Å²) < 4.78 is 18.0. The Morgan fingerprint density at radius 1 is 0.706 bits per heavy atom. The second-order valence-corrected chi connectivity index (χ2v) is 8.19. The molecule has 1 aliphatic carbocycles. The second kappa shape index (κ2) is 6.48. The number of para-hydroxylation sites is 2. The van der Waals surface area contributed by atoms with Crippen LogP contribution in [0.15, 0.2) is 72.8 Å². The molecule has 2 aromatic heterocycles. The molecule has 5 nitrogen and oxygen atoms in total. The van der Waals surface area contributed by atoms with Gasteiger partial charge in [-0.1, -0.05) is 54.6 Å². The Kier molecular flexibility index (Phi) is 3.52. The van der Waals surface area contributed by atoms with Crippen molar-refractivity contribution in [2.24, 2.45) is 0 Å². The van der Waals surface area contributed by atoms with Gasteiger partial charge < -0.3 is 4.57 Å². The minimum absolute atomic E-state index is 0.0610. The van der Waals surface area contributed by atoms with E-state index in [9.17, 15) is 10.5 Å². The van der Waals surface area contributed by atoms with Gasteiger partial charge in [0.05, 0.1) is 22.4 Å². The molecule has 0 bridgehead atoms. The molecule has 34 heavy (non-hydrogen) atoms. The summed E-state index contributed by atoms with van der Waals surface area (Å²) in [5, 5.41) is 22.6. The summed E-state index contributed by atoms with van der Waals surface area (Å²) in [4.78, 5) is 8.74. The van der Waals surface area contributed by atoms with Crippen LogP contribution in [0.3, 0.4) is 0 Å². The molecule has 0 amide bonds. The number of rotatable bonds is 1. The molecule has 156 valence electrons. The van der Waals surface area contributed by atoms with E-state index in [4.69, 9.17) is 0 Å². The fourth-order valence-corrected chi connectivity index (χ4v) is 5.17. The van der Waals surface area contributed by atoms with Crippen molar-refractivity contribution < 1.29 is 4.39 Å². The quantitative estimate of drug-likeness (QED) is 0.304. The van der Waals surface area contributed by atoms with Gasteiger partial charge in [-0.2, -0.15) is 10.5 Å². The maximum absolute atomic E-state index is 15.9. The van der Waals surface area contributed by atoms with E-state index in [2.05, 4.69) is 26.7 Å². The van der Waals surface area contributed by atoms with Crippen molar-refractivity contribution in [1.82, 2.24) is 14.5 Å².